The van der Waals surface area contributed by atoms with Crippen molar-refractivity contribution in [2.24, 2.45) is 23.7 Å². The molecule has 0 saturated heterocycles. The highest BCUT2D eigenvalue weighted by molar-refractivity contribution is 5.31. The quantitative estimate of drug-likeness (QED) is 0.557. The Bertz CT molecular complexity index is 404. The van der Waals surface area contributed by atoms with Gasteiger partial charge in [0.25, 0.3) is 0 Å². The Morgan fingerprint density at radius 2 is 1.95 bits per heavy atom. The molecule has 0 aliphatic heterocycles. The second-order valence-electron chi connectivity index (χ2n) is 6.80. The van der Waals surface area contributed by atoms with Gasteiger partial charge in [-0.05, 0) is 61.9 Å². The Morgan fingerprint density at radius 1 is 1.19 bits per heavy atom. The first-order chi connectivity index (χ1) is 10.2. The lowest BCUT2D eigenvalue weighted by Crippen LogP contribution is -2.36. The topological polar surface area (TPSA) is 9.23 Å². The van der Waals surface area contributed by atoms with E-state index in [2.05, 4.69) is 19.9 Å². The van der Waals surface area contributed by atoms with Gasteiger partial charge in [-0.2, -0.15) is 0 Å². The van der Waals surface area contributed by atoms with Crippen molar-refractivity contribution in [3.8, 4) is 0 Å². The summed E-state index contributed by atoms with van der Waals surface area (Å²) in [7, 11) is 1.82. The molecule has 3 aliphatic rings. The fourth-order valence-corrected chi connectivity index (χ4v) is 4.98. The summed E-state index contributed by atoms with van der Waals surface area (Å²) in [5.41, 5.74) is 3.53. The van der Waals surface area contributed by atoms with Gasteiger partial charge in [0.05, 0.1) is 12.9 Å². The van der Waals surface area contributed by atoms with Crippen molar-refractivity contribution in [3.63, 3.8) is 0 Å². The second kappa shape index (κ2) is 7.51. The van der Waals surface area contributed by atoms with E-state index in [4.69, 9.17) is 4.74 Å². The van der Waals surface area contributed by atoms with Crippen molar-refractivity contribution in [3.05, 3.63) is 23.0 Å². The summed E-state index contributed by atoms with van der Waals surface area (Å²) < 4.78 is 5.46. The van der Waals surface area contributed by atoms with E-state index < -0.39 is 0 Å². The standard InChI is InChI=1S/C18H28O.C2H6/c1-4-13-5-9-18-16(12(13)2)8-6-14-11-15(19-3)7-10-17(14)18;1-2/h7,12-13,16,18H,4-6,8-11H2,1-3H3;1-2H3. The summed E-state index contributed by atoms with van der Waals surface area (Å²) in [5, 5.41) is 0. The van der Waals surface area contributed by atoms with Crippen LogP contribution in [-0.4, -0.2) is 7.11 Å². The van der Waals surface area contributed by atoms with Crippen LogP contribution < -0.4 is 0 Å². The van der Waals surface area contributed by atoms with E-state index in [0.717, 1.165) is 30.1 Å². The van der Waals surface area contributed by atoms with Gasteiger partial charge in [-0.25, -0.2) is 0 Å². The molecule has 3 aliphatic carbocycles. The normalized spacial score (nSPS) is 35.0. The molecule has 1 saturated carbocycles. The van der Waals surface area contributed by atoms with E-state index >= 15 is 0 Å². The molecule has 1 nitrogen and oxygen atoms in total. The number of fused-ring (bicyclic) bond motifs is 2. The molecule has 4 unspecified atom stereocenters. The molecule has 0 aromatic carbocycles. The van der Waals surface area contributed by atoms with Crippen LogP contribution in [0.5, 0.6) is 0 Å². The smallest absolute Gasteiger partial charge is 0.0959 e. The van der Waals surface area contributed by atoms with Gasteiger partial charge in [-0.3, -0.25) is 0 Å². The number of ether oxygens (including phenoxy) is 1. The average molecular weight is 290 g/mol. The van der Waals surface area contributed by atoms with Gasteiger partial charge in [0.1, 0.15) is 0 Å². The Hall–Kier alpha value is -0.720. The van der Waals surface area contributed by atoms with Crippen LogP contribution in [0, 0.1) is 23.7 Å². The fraction of sp³-hybridized carbons (Fsp3) is 0.800. The molecule has 3 rings (SSSR count). The zero-order valence-electron chi connectivity index (χ0n) is 14.7. The molecule has 120 valence electrons. The molecule has 0 bridgehead atoms. The molecule has 0 radical (unpaired) electrons. The highest BCUT2D eigenvalue weighted by Gasteiger charge is 2.40. The summed E-state index contributed by atoms with van der Waals surface area (Å²) in [4.78, 5) is 0. The molecular weight excluding hydrogens is 256 g/mol. The van der Waals surface area contributed by atoms with Crippen molar-refractivity contribution < 1.29 is 4.74 Å². The van der Waals surface area contributed by atoms with Gasteiger partial charge < -0.3 is 4.74 Å². The fourth-order valence-electron chi connectivity index (χ4n) is 4.98. The van der Waals surface area contributed by atoms with Gasteiger partial charge in [-0.1, -0.05) is 45.3 Å². The van der Waals surface area contributed by atoms with Crippen LogP contribution in [0.4, 0.5) is 0 Å². The summed E-state index contributed by atoms with van der Waals surface area (Å²) in [6.07, 6.45) is 11.6. The van der Waals surface area contributed by atoms with Crippen LogP contribution in [0.25, 0.3) is 0 Å². The van der Waals surface area contributed by atoms with Crippen LogP contribution in [0.2, 0.25) is 0 Å². The van der Waals surface area contributed by atoms with E-state index in [1.54, 1.807) is 11.1 Å². The highest BCUT2D eigenvalue weighted by atomic mass is 16.5. The maximum atomic E-state index is 5.46. The van der Waals surface area contributed by atoms with Gasteiger partial charge in [-0.15, -0.1) is 0 Å². The third-order valence-corrected chi connectivity index (χ3v) is 6.19. The maximum absolute atomic E-state index is 5.46. The lowest BCUT2D eigenvalue weighted by Gasteiger charge is -2.47. The Kier molecular flexibility index (Phi) is 5.96. The van der Waals surface area contributed by atoms with Crippen molar-refractivity contribution in [2.45, 2.75) is 72.6 Å². The molecule has 0 heterocycles. The number of allylic oxidation sites excluding steroid dienone is 3. The molecule has 0 aromatic rings. The zero-order valence-corrected chi connectivity index (χ0v) is 14.7. The first-order valence-corrected chi connectivity index (χ1v) is 9.18. The summed E-state index contributed by atoms with van der Waals surface area (Å²) >= 11 is 0. The van der Waals surface area contributed by atoms with Gasteiger partial charge in [0.15, 0.2) is 0 Å². The lowest BCUT2D eigenvalue weighted by atomic mass is 9.59. The van der Waals surface area contributed by atoms with Crippen molar-refractivity contribution in [1.82, 2.24) is 0 Å². The van der Waals surface area contributed by atoms with Crippen LogP contribution in [-0.2, 0) is 4.74 Å². The Labute approximate surface area is 131 Å². The van der Waals surface area contributed by atoms with Gasteiger partial charge >= 0.3 is 0 Å². The number of hydrogen-bond acceptors (Lipinski definition) is 1. The number of hydrogen-bond donors (Lipinski definition) is 0. The first-order valence-electron chi connectivity index (χ1n) is 9.18. The maximum Gasteiger partial charge on any atom is 0.0959 e. The van der Waals surface area contributed by atoms with Crippen molar-refractivity contribution in [1.29, 1.82) is 0 Å². The SMILES string of the molecule is CC.CCC1CCC2C3=C(CCC2C1C)CC(OC)=CC3. The van der Waals surface area contributed by atoms with Crippen molar-refractivity contribution in [2.75, 3.05) is 7.11 Å². The van der Waals surface area contributed by atoms with Crippen molar-refractivity contribution >= 4 is 0 Å². The Morgan fingerprint density at radius 3 is 2.62 bits per heavy atom. The minimum Gasteiger partial charge on any atom is -0.501 e. The summed E-state index contributed by atoms with van der Waals surface area (Å²) in [6.45, 7) is 8.90. The largest absolute Gasteiger partial charge is 0.501 e. The first kappa shape index (κ1) is 16.6. The molecule has 0 spiro atoms. The van der Waals surface area contributed by atoms with E-state index in [1.165, 1.54) is 44.3 Å². The van der Waals surface area contributed by atoms with E-state index in [0.29, 0.717) is 0 Å². The second-order valence-corrected chi connectivity index (χ2v) is 6.80. The van der Waals surface area contributed by atoms with Crippen LogP contribution in [0.1, 0.15) is 72.6 Å². The monoisotopic (exact) mass is 290 g/mol. The van der Waals surface area contributed by atoms with Crippen LogP contribution >= 0.6 is 0 Å². The predicted octanol–water partition coefficient (Wildman–Crippen LogP) is 6.12. The summed E-state index contributed by atoms with van der Waals surface area (Å²) in [5.74, 6) is 4.99. The molecular formula is C20H34O. The molecule has 1 fully saturated rings. The van der Waals surface area contributed by atoms with Gasteiger partial charge in [0, 0.05) is 6.42 Å². The predicted molar refractivity (Wildman–Crippen MR) is 91.1 cm³/mol. The molecule has 21 heavy (non-hydrogen) atoms. The van der Waals surface area contributed by atoms with Crippen LogP contribution in [0.15, 0.2) is 23.0 Å². The summed E-state index contributed by atoms with van der Waals surface area (Å²) in [6, 6.07) is 0. The third kappa shape index (κ3) is 3.22. The molecule has 0 N–H and O–H groups in total. The van der Waals surface area contributed by atoms with E-state index in [-0.39, 0.29) is 0 Å². The van der Waals surface area contributed by atoms with Gasteiger partial charge in [0.2, 0.25) is 0 Å². The van der Waals surface area contributed by atoms with E-state index in [1.807, 2.05) is 21.0 Å². The molecule has 0 aromatic heterocycles. The lowest BCUT2D eigenvalue weighted by molar-refractivity contribution is 0.0996. The number of methoxy groups -OCH3 is 1. The molecule has 4 atom stereocenters. The average Bonchev–Trinajstić information content (AvgIpc) is 2.56. The molecule has 1 heteroatoms. The van der Waals surface area contributed by atoms with Crippen LogP contribution in [0.3, 0.4) is 0 Å². The minimum atomic E-state index is 0.899. The Balaban J connectivity index is 0.000000774. The zero-order chi connectivity index (χ0) is 15.4. The minimum absolute atomic E-state index is 0.899. The third-order valence-electron chi connectivity index (χ3n) is 6.19. The molecule has 0 amide bonds. The number of rotatable bonds is 2. The van der Waals surface area contributed by atoms with E-state index in [9.17, 15) is 0 Å². The highest BCUT2D eigenvalue weighted by Crippen LogP contribution is 2.51.